The highest BCUT2D eigenvalue weighted by molar-refractivity contribution is 5.75. The average Bonchev–Trinajstić information content (AvgIpc) is 3.53. The van der Waals surface area contributed by atoms with E-state index in [0.717, 1.165) is 47.8 Å². The molecule has 2 aliphatic rings. The summed E-state index contributed by atoms with van der Waals surface area (Å²) in [7, 11) is 3.34. The van der Waals surface area contributed by atoms with Gasteiger partial charge in [-0.1, -0.05) is 19.3 Å². The number of hydrogen-bond acceptors (Lipinski definition) is 4. The number of ether oxygens (including phenoxy) is 3. The third-order valence-electron chi connectivity index (χ3n) is 6.27. The van der Waals surface area contributed by atoms with Gasteiger partial charge in [0.15, 0.2) is 5.75 Å². The van der Waals surface area contributed by atoms with Gasteiger partial charge in [0, 0.05) is 24.2 Å². The Morgan fingerprint density at radius 3 is 2.47 bits per heavy atom. The molecule has 2 fully saturated rings. The van der Waals surface area contributed by atoms with Gasteiger partial charge >= 0.3 is 6.09 Å². The van der Waals surface area contributed by atoms with Crippen molar-refractivity contribution in [1.29, 1.82) is 0 Å². The number of nitrogens with one attached hydrogen (secondary N) is 1. The highest BCUT2D eigenvalue weighted by atomic mass is 16.6. The summed E-state index contributed by atoms with van der Waals surface area (Å²) in [5.74, 6) is 2.77. The molecule has 6 heteroatoms. The van der Waals surface area contributed by atoms with Crippen LogP contribution in [0.1, 0.15) is 50.6 Å². The van der Waals surface area contributed by atoms with E-state index >= 15 is 0 Å². The Hall–Kier alpha value is -2.63. The van der Waals surface area contributed by atoms with E-state index < -0.39 is 0 Å². The molecule has 1 aromatic heterocycles. The second-order valence-corrected chi connectivity index (χ2v) is 8.47. The molecule has 0 radical (unpaired) electrons. The Kier molecular flexibility index (Phi) is 6.21. The summed E-state index contributed by atoms with van der Waals surface area (Å²) >= 11 is 0. The van der Waals surface area contributed by atoms with Crippen LogP contribution < -0.4 is 19.5 Å². The largest absolute Gasteiger partial charge is 0.497 e. The number of aromatic nitrogens is 1. The van der Waals surface area contributed by atoms with E-state index in [0.29, 0.717) is 11.7 Å². The van der Waals surface area contributed by atoms with Gasteiger partial charge in [-0.25, -0.2) is 4.79 Å². The molecule has 0 aliphatic heterocycles. The number of methoxy groups -OCH3 is 2. The second-order valence-electron chi connectivity index (χ2n) is 8.47. The molecule has 1 heterocycles. The van der Waals surface area contributed by atoms with Gasteiger partial charge in [-0.2, -0.15) is 0 Å². The molecule has 0 atom stereocenters. The quantitative estimate of drug-likeness (QED) is 0.669. The minimum absolute atomic E-state index is 0.264. The van der Waals surface area contributed by atoms with Crippen molar-refractivity contribution < 1.29 is 19.0 Å². The SMILES string of the molecule is COc1ccc(OC)c(-c2cc(OC(=O)NC3CC3)c(C)n2CC2CCCCC2)c1. The summed E-state index contributed by atoms with van der Waals surface area (Å²) in [5, 5.41) is 2.91. The lowest BCUT2D eigenvalue weighted by molar-refractivity contribution is 0.199. The lowest BCUT2D eigenvalue weighted by Crippen LogP contribution is -2.28. The van der Waals surface area contributed by atoms with Gasteiger partial charge in [0.05, 0.1) is 25.6 Å². The van der Waals surface area contributed by atoms with Crippen LogP contribution in [0.3, 0.4) is 0 Å². The summed E-state index contributed by atoms with van der Waals surface area (Å²) in [4.78, 5) is 12.3. The van der Waals surface area contributed by atoms with E-state index in [1.165, 1.54) is 32.1 Å². The van der Waals surface area contributed by atoms with E-state index in [-0.39, 0.29) is 12.1 Å². The molecule has 1 N–H and O–H groups in total. The molecule has 2 saturated carbocycles. The summed E-state index contributed by atoms with van der Waals surface area (Å²) in [5.41, 5.74) is 2.89. The molecule has 0 spiro atoms. The van der Waals surface area contributed by atoms with Crippen LogP contribution >= 0.6 is 0 Å². The van der Waals surface area contributed by atoms with Gasteiger partial charge in [0.1, 0.15) is 11.5 Å². The van der Waals surface area contributed by atoms with E-state index in [4.69, 9.17) is 14.2 Å². The van der Waals surface area contributed by atoms with Crippen LogP contribution in [0.5, 0.6) is 17.2 Å². The molecule has 2 aliphatic carbocycles. The maximum atomic E-state index is 12.3. The van der Waals surface area contributed by atoms with Crippen molar-refractivity contribution in [2.24, 2.45) is 5.92 Å². The topological polar surface area (TPSA) is 61.7 Å². The maximum Gasteiger partial charge on any atom is 0.412 e. The minimum atomic E-state index is -0.375. The van der Waals surface area contributed by atoms with Crippen LogP contribution in [0.4, 0.5) is 4.79 Å². The number of carbonyl (C=O) groups is 1. The monoisotopic (exact) mass is 412 g/mol. The van der Waals surface area contributed by atoms with E-state index in [2.05, 4.69) is 9.88 Å². The first kappa shape index (κ1) is 20.6. The number of nitrogens with zero attached hydrogens (tertiary/aromatic N) is 1. The van der Waals surface area contributed by atoms with Gasteiger partial charge in [-0.3, -0.25) is 0 Å². The third kappa shape index (κ3) is 4.58. The van der Waals surface area contributed by atoms with Gasteiger partial charge < -0.3 is 24.1 Å². The first-order valence-electron chi connectivity index (χ1n) is 11.0. The van der Waals surface area contributed by atoms with Gasteiger partial charge in [0.2, 0.25) is 0 Å². The van der Waals surface area contributed by atoms with Crippen LogP contribution in [0.25, 0.3) is 11.3 Å². The Morgan fingerprint density at radius 1 is 1.03 bits per heavy atom. The molecular weight excluding hydrogens is 380 g/mol. The normalized spacial score (nSPS) is 16.9. The van der Waals surface area contributed by atoms with E-state index in [9.17, 15) is 4.79 Å². The molecule has 2 aromatic rings. The fourth-order valence-corrected chi connectivity index (χ4v) is 4.35. The Bertz CT molecular complexity index is 895. The molecule has 4 rings (SSSR count). The summed E-state index contributed by atoms with van der Waals surface area (Å²) in [6.45, 7) is 2.94. The van der Waals surface area contributed by atoms with Crippen LogP contribution in [0.15, 0.2) is 24.3 Å². The highest BCUT2D eigenvalue weighted by Crippen LogP contribution is 2.39. The lowest BCUT2D eigenvalue weighted by atomic mass is 9.89. The zero-order chi connectivity index (χ0) is 21.1. The van der Waals surface area contributed by atoms with Crippen LogP contribution in [0.2, 0.25) is 0 Å². The van der Waals surface area contributed by atoms with Crippen molar-refractivity contribution in [2.75, 3.05) is 14.2 Å². The lowest BCUT2D eigenvalue weighted by Gasteiger charge is -2.24. The number of amides is 1. The fourth-order valence-electron chi connectivity index (χ4n) is 4.35. The Labute approximate surface area is 178 Å². The molecular formula is C24H32N2O4. The molecule has 0 unspecified atom stereocenters. The predicted molar refractivity (Wildman–Crippen MR) is 116 cm³/mol. The van der Waals surface area contributed by atoms with Gasteiger partial charge in [0.25, 0.3) is 0 Å². The van der Waals surface area contributed by atoms with Crippen molar-refractivity contribution in [3.63, 3.8) is 0 Å². The van der Waals surface area contributed by atoms with Crippen molar-refractivity contribution in [2.45, 2.75) is 64.5 Å². The molecule has 1 aromatic carbocycles. The van der Waals surface area contributed by atoms with Crippen molar-refractivity contribution in [3.8, 4) is 28.5 Å². The van der Waals surface area contributed by atoms with Crippen molar-refractivity contribution in [3.05, 3.63) is 30.0 Å². The number of hydrogen-bond donors (Lipinski definition) is 1. The molecule has 162 valence electrons. The van der Waals surface area contributed by atoms with Gasteiger partial charge in [-0.05, 0) is 56.7 Å². The van der Waals surface area contributed by atoms with Crippen LogP contribution in [-0.4, -0.2) is 30.9 Å². The summed E-state index contributed by atoms with van der Waals surface area (Å²) in [6.07, 6.45) is 8.07. The third-order valence-corrected chi connectivity index (χ3v) is 6.27. The van der Waals surface area contributed by atoms with Gasteiger partial charge in [-0.15, -0.1) is 0 Å². The van der Waals surface area contributed by atoms with Crippen LogP contribution in [-0.2, 0) is 6.54 Å². The molecule has 1 amide bonds. The Morgan fingerprint density at radius 2 is 1.80 bits per heavy atom. The fraction of sp³-hybridized carbons (Fsp3) is 0.542. The molecule has 6 nitrogen and oxygen atoms in total. The summed E-state index contributed by atoms with van der Waals surface area (Å²) < 4.78 is 19.1. The average molecular weight is 413 g/mol. The summed E-state index contributed by atoms with van der Waals surface area (Å²) in [6, 6.07) is 8.02. The highest BCUT2D eigenvalue weighted by Gasteiger charge is 2.26. The predicted octanol–water partition coefficient (Wildman–Crippen LogP) is 5.31. The zero-order valence-electron chi connectivity index (χ0n) is 18.2. The molecule has 0 saturated heterocycles. The van der Waals surface area contributed by atoms with Crippen molar-refractivity contribution >= 4 is 6.09 Å². The standard InChI is InChI=1S/C24H32N2O4/c1-16-23(30-24(27)25-18-9-10-18)14-21(26(16)15-17-7-5-4-6-8-17)20-13-19(28-2)11-12-22(20)29-3/h11-14,17-18H,4-10,15H2,1-3H3,(H,25,27). The second kappa shape index (κ2) is 9.02. The van der Waals surface area contributed by atoms with E-state index in [1.807, 2.05) is 31.2 Å². The van der Waals surface area contributed by atoms with Crippen LogP contribution in [0, 0.1) is 12.8 Å². The number of benzene rings is 1. The Balaban J connectivity index is 1.71. The smallest absolute Gasteiger partial charge is 0.412 e. The number of carbonyl (C=O) groups excluding carboxylic acids is 1. The van der Waals surface area contributed by atoms with Crippen molar-refractivity contribution in [1.82, 2.24) is 9.88 Å². The van der Waals surface area contributed by atoms with E-state index in [1.54, 1.807) is 14.2 Å². The molecule has 30 heavy (non-hydrogen) atoms. The minimum Gasteiger partial charge on any atom is -0.497 e. The maximum absolute atomic E-state index is 12.3. The first-order chi connectivity index (χ1) is 14.6. The first-order valence-corrected chi connectivity index (χ1v) is 11.0. The number of rotatable bonds is 7. The zero-order valence-corrected chi connectivity index (χ0v) is 18.2. The molecule has 0 bridgehead atoms.